The number of nitrogens with one attached hydrogen (secondary N) is 1. The van der Waals surface area contributed by atoms with E-state index in [0.29, 0.717) is 59.1 Å². The standard InChI is InChI=1S/C29H27BrN4O6S2/c1-6-38-18-9-7-17(8-10-18)24-23(26(37)39-14(2)3)16(5)32-29-34(24)25(36)21(41-29)13-19-12-20(30)27(40-19)42-28-31-15(4)11-22(35)33-28/h7-14,24H,6H2,1-5H3,(H,31,33,35)/b21-13-/t24-/m0/s1. The summed E-state index contributed by atoms with van der Waals surface area (Å²) in [5, 5.41) is 0.845. The molecular formula is C29H27BrN4O6S2. The van der Waals surface area contributed by atoms with Crippen molar-refractivity contribution in [1.82, 2.24) is 14.5 Å². The van der Waals surface area contributed by atoms with Crippen LogP contribution < -0.4 is 25.2 Å². The van der Waals surface area contributed by atoms with E-state index in [2.05, 4.69) is 30.9 Å². The molecule has 42 heavy (non-hydrogen) atoms. The fourth-order valence-electron chi connectivity index (χ4n) is 4.42. The van der Waals surface area contributed by atoms with Crippen LogP contribution >= 0.6 is 39.0 Å². The molecule has 13 heteroatoms. The molecule has 1 aromatic carbocycles. The highest BCUT2D eigenvalue weighted by molar-refractivity contribution is 9.10. The molecule has 0 saturated carbocycles. The maximum absolute atomic E-state index is 13.9. The SMILES string of the molecule is CCOc1ccc([C@H]2C(C(=O)OC(C)C)=C(C)N=c3s/c(=C\c4cc(Br)c(Sc5nc(C)cc(=O)[nH]5)o4)c(=O)n32)cc1. The van der Waals surface area contributed by atoms with Crippen LogP contribution in [0.2, 0.25) is 0 Å². The van der Waals surface area contributed by atoms with Crippen LogP contribution in [0.4, 0.5) is 0 Å². The zero-order valence-electron chi connectivity index (χ0n) is 23.4. The number of halogens is 1. The van der Waals surface area contributed by atoms with Crippen LogP contribution in [-0.4, -0.2) is 33.2 Å². The molecule has 3 aromatic heterocycles. The maximum Gasteiger partial charge on any atom is 0.338 e. The molecule has 0 radical (unpaired) electrons. The second-order valence-electron chi connectivity index (χ2n) is 9.62. The van der Waals surface area contributed by atoms with E-state index in [9.17, 15) is 14.4 Å². The van der Waals surface area contributed by atoms with Gasteiger partial charge in [-0.1, -0.05) is 23.5 Å². The summed E-state index contributed by atoms with van der Waals surface area (Å²) in [6.07, 6.45) is 1.28. The molecular weight excluding hydrogens is 644 g/mol. The van der Waals surface area contributed by atoms with Crippen molar-refractivity contribution in [1.29, 1.82) is 0 Å². The normalized spacial score (nSPS) is 15.1. The second-order valence-corrected chi connectivity index (χ2v) is 12.4. The van der Waals surface area contributed by atoms with Crippen LogP contribution in [0.15, 0.2) is 81.4 Å². The Kier molecular flexibility index (Phi) is 8.71. The van der Waals surface area contributed by atoms with Gasteiger partial charge in [-0.15, -0.1) is 0 Å². The highest BCUT2D eigenvalue weighted by atomic mass is 79.9. The average Bonchev–Trinajstić information content (AvgIpc) is 3.40. The number of aryl methyl sites for hydroxylation is 1. The van der Waals surface area contributed by atoms with E-state index in [-0.39, 0.29) is 17.2 Å². The van der Waals surface area contributed by atoms with Gasteiger partial charge in [0.25, 0.3) is 11.1 Å². The van der Waals surface area contributed by atoms with Gasteiger partial charge in [0.05, 0.1) is 39.0 Å². The summed E-state index contributed by atoms with van der Waals surface area (Å²) in [6.45, 7) is 9.44. The van der Waals surface area contributed by atoms with Gasteiger partial charge >= 0.3 is 5.97 Å². The molecule has 1 aliphatic heterocycles. The Morgan fingerprint density at radius 1 is 1.24 bits per heavy atom. The minimum absolute atomic E-state index is 0.261. The number of thiazole rings is 1. The lowest BCUT2D eigenvalue weighted by molar-refractivity contribution is -0.143. The number of ether oxygens (including phenoxy) is 2. The largest absolute Gasteiger partial charge is 0.494 e. The van der Waals surface area contributed by atoms with E-state index in [1.807, 2.05) is 31.2 Å². The number of nitrogens with zero attached hydrogens (tertiary/aromatic N) is 3. The lowest BCUT2D eigenvalue weighted by Crippen LogP contribution is -2.40. The number of benzene rings is 1. The van der Waals surface area contributed by atoms with Crippen molar-refractivity contribution >= 4 is 51.1 Å². The van der Waals surface area contributed by atoms with Crippen molar-refractivity contribution in [3.63, 3.8) is 0 Å². The molecule has 4 heterocycles. The van der Waals surface area contributed by atoms with Gasteiger partial charge < -0.3 is 18.9 Å². The number of rotatable bonds is 8. The fraction of sp³-hybridized carbons (Fsp3) is 0.276. The highest BCUT2D eigenvalue weighted by Crippen LogP contribution is 2.35. The monoisotopic (exact) mass is 670 g/mol. The van der Waals surface area contributed by atoms with E-state index in [1.165, 1.54) is 22.0 Å². The van der Waals surface area contributed by atoms with Crippen LogP contribution in [0.25, 0.3) is 6.08 Å². The molecule has 10 nitrogen and oxygen atoms in total. The number of allylic oxidation sites excluding steroid dienone is 1. The number of esters is 1. The Morgan fingerprint density at radius 2 is 1.98 bits per heavy atom. The molecule has 218 valence electrons. The number of H-pyrrole nitrogens is 1. The van der Waals surface area contributed by atoms with E-state index >= 15 is 0 Å². The minimum Gasteiger partial charge on any atom is -0.494 e. The van der Waals surface area contributed by atoms with Crippen molar-refractivity contribution in [2.75, 3.05) is 6.61 Å². The van der Waals surface area contributed by atoms with E-state index in [0.717, 1.165) is 17.3 Å². The highest BCUT2D eigenvalue weighted by Gasteiger charge is 2.34. The average molecular weight is 672 g/mol. The third kappa shape index (κ3) is 6.22. The Labute approximate surface area is 256 Å². The number of furan rings is 1. The Hall–Kier alpha value is -3.68. The number of aromatic amines is 1. The van der Waals surface area contributed by atoms with Crippen molar-refractivity contribution in [2.24, 2.45) is 4.99 Å². The van der Waals surface area contributed by atoms with Gasteiger partial charge in [-0.2, -0.15) is 0 Å². The quantitative estimate of drug-likeness (QED) is 0.215. The number of carbonyl (C=O) groups is 1. The molecule has 1 N–H and O–H groups in total. The van der Waals surface area contributed by atoms with Crippen molar-refractivity contribution < 1.29 is 18.7 Å². The zero-order chi connectivity index (χ0) is 30.1. The third-order valence-electron chi connectivity index (χ3n) is 6.08. The molecule has 1 atom stereocenters. The number of carbonyl (C=O) groups excluding carboxylic acids is 1. The number of fused-ring (bicyclic) bond motifs is 1. The van der Waals surface area contributed by atoms with Gasteiger partial charge in [0.15, 0.2) is 15.1 Å². The summed E-state index contributed by atoms with van der Waals surface area (Å²) in [4.78, 5) is 51.1. The minimum atomic E-state index is -0.746. The van der Waals surface area contributed by atoms with Gasteiger partial charge in [0.1, 0.15) is 11.5 Å². The fourth-order valence-corrected chi connectivity index (χ4v) is 6.80. The number of aromatic nitrogens is 3. The van der Waals surface area contributed by atoms with E-state index in [4.69, 9.17) is 13.9 Å². The van der Waals surface area contributed by atoms with Crippen LogP contribution in [0.5, 0.6) is 5.75 Å². The molecule has 0 saturated heterocycles. The predicted molar refractivity (Wildman–Crippen MR) is 163 cm³/mol. The zero-order valence-corrected chi connectivity index (χ0v) is 26.6. The van der Waals surface area contributed by atoms with Gasteiger partial charge in [-0.3, -0.25) is 14.2 Å². The summed E-state index contributed by atoms with van der Waals surface area (Å²) in [7, 11) is 0. The first-order valence-electron chi connectivity index (χ1n) is 13.1. The summed E-state index contributed by atoms with van der Waals surface area (Å²) >= 11 is 5.83. The topological polar surface area (TPSA) is 129 Å². The first kappa shape index (κ1) is 29.8. The van der Waals surface area contributed by atoms with Gasteiger partial charge in [-0.25, -0.2) is 14.8 Å². The van der Waals surface area contributed by atoms with Crippen LogP contribution in [0.1, 0.15) is 50.8 Å². The number of hydrogen-bond donors (Lipinski definition) is 1. The summed E-state index contributed by atoms with van der Waals surface area (Å²) < 4.78 is 19.7. The van der Waals surface area contributed by atoms with Crippen LogP contribution in [0, 0.1) is 6.92 Å². The Bertz CT molecular complexity index is 1940. The smallest absolute Gasteiger partial charge is 0.338 e. The number of hydrogen-bond acceptors (Lipinski definition) is 10. The molecule has 0 bridgehead atoms. The molecule has 1 aliphatic rings. The molecule has 0 unspecified atom stereocenters. The first-order chi connectivity index (χ1) is 20.0. The lowest BCUT2D eigenvalue weighted by Gasteiger charge is -2.25. The second kappa shape index (κ2) is 12.3. The summed E-state index contributed by atoms with van der Waals surface area (Å²) in [5.74, 6) is 0.568. The van der Waals surface area contributed by atoms with Crippen LogP contribution in [0.3, 0.4) is 0 Å². The maximum atomic E-state index is 13.9. The third-order valence-corrected chi connectivity index (χ3v) is 8.79. The van der Waals surface area contributed by atoms with Crippen molar-refractivity contribution in [3.8, 4) is 5.75 Å². The van der Waals surface area contributed by atoms with Gasteiger partial charge in [0.2, 0.25) is 0 Å². The van der Waals surface area contributed by atoms with Crippen molar-refractivity contribution in [3.05, 3.63) is 99.2 Å². The molecule has 0 spiro atoms. The summed E-state index contributed by atoms with van der Waals surface area (Å²) in [5.41, 5.74) is 1.49. The van der Waals surface area contributed by atoms with E-state index < -0.39 is 12.0 Å². The van der Waals surface area contributed by atoms with E-state index in [1.54, 1.807) is 39.8 Å². The molecule has 0 fully saturated rings. The Balaban J connectivity index is 1.59. The van der Waals surface area contributed by atoms with Crippen LogP contribution in [-0.2, 0) is 9.53 Å². The lowest BCUT2D eigenvalue weighted by atomic mass is 9.96. The van der Waals surface area contributed by atoms with Crippen molar-refractivity contribution in [2.45, 2.75) is 57.0 Å². The molecule has 0 amide bonds. The summed E-state index contributed by atoms with van der Waals surface area (Å²) in [6, 6.07) is 9.69. The molecule has 0 aliphatic carbocycles. The molecule has 4 aromatic rings. The van der Waals surface area contributed by atoms with Gasteiger partial charge in [-0.05, 0) is 86.1 Å². The first-order valence-corrected chi connectivity index (χ1v) is 15.5. The van der Waals surface area contributed by atoms with Gasteiger partial charge in [0, 0.05) is 17.8 Å². The molecule has 5 rings (SSSR count). The Morgan fingerprint density at radius 3 is 2.64 bits per heavy atom. The predicted octanol–water partition coefficient (Wildman–Crippen LogP) is 4.48.